The number of urea groups is 1. The van der Waals surface area contributed by atoms with Crippen molar-refractivity contribution in [3.8, 4) is 5.75 Å². The first-order valence-electron chi connectivity index (χ1n) is 7.09. The highest BCUT2D eigenvalue weighted by molar-refractivity contribution is 9.10. The Bertz CT molecular complexity index is 579. The fourth-order valence-corrected chi connectivity index (χ4v) is 3.07. The molecule has 2 amide bonds. The number of rotatable bonds is 3. The van der Waals surface area contributed by atoms with Crippen LogP contribution in [0.5, 0.6) is 5.75 Å². The standard InChI is InChI=1S/C15H19BrN2O4/c1-9-4-11(14(20)21)8-18(7-9)15(22)17-6-10-2-3-13(19)12(16)5-10/h2-3,5,9,11,19H,4,6-8H2,1H3,(H,17,22)(H,20,21). The first-order valence-corrected chi connectivity index (χ1v) is 7.89. The van der Waals surface area contributed by atoms with E-state index in [4.69, 9.17) is 5.11 Å². The lowest BCUT2D eigenvalue weighted by Crippen LogP contribution is -2.49. The summed E-state index contributed by atoms with van der Waals surface area (Å²) in [5.74, 6) is -1.04. The fourth-order valence-electron chi connectivity index (χ4n) is 2.65. The second-order valence-electron chi connectivity index (χ2n) is 5.73. The van der Waals surface area contributed by atoms with Crippen molar-refractivity contribution in [2.75, 3.05) is 13.1 Å². The van der Waals surface area contributed by atoms with E-state index in [0.29, 0.717) is 24.0 Å². The third-order valence-corrected chi connectivity index (χ3v) is 4.39. The van der Waals surface area contributed by atoms with Gasteiger partial charge in [0.15, 0.2) is 0 Å². The number of amides is 2. The number of nitrogens with one attached hydrogen (secondary N) is 1. The molecule has 0 bridgehead atoms. The average molecular weight is 371 g/mol. The van der Waals surface area contributed by atoms with Crippen LogP contribution in [0.1, 0.15) is 18.9 Å². The summed E-state index contributed by atoms with van der Waals surface area (Å²) in [6.45, 7) is 3.08. The molecule has 6 nitrogen and oxygen atoms in total. The fraction of sp³-hybridized carbons (Fsp3) is 0.467. The molecule has 2 unspecified atom stereocenters. The Kier molecular flexibility index (Phi) is 5.28. The molecule has 1 fully saturated rings. The largest absolute Gasteiger partial charge is 0.507 e. The second kappa shape index (κ2) is 7.00. The molecule has 0 saturated carbocycles. The number of carbonyl (C=O) groups is 2. The Labute approximate surface area is 137 Å². The lowest BCUT2D eigenvalue weighted by Gasteiger charge is -2.34. The van der Waals surface area contributed by atoms with E-state index < -0.39 is 11.9 Å². The maximum absolute atomic E-state index is 12.2. The topological polar surface area (TPSA) is 89.9 Å². The first-order chi connectivity index (χ1) is 10.4. The summed E-state index contributed by atoms with van der Waals surface area (Å²) in [5.41, 5.74) is 0.845. The zero-order chi connectivity index (χ0) is 16.3. The minimum atomic E-state index is -0.855. The minimum absolute atomic E-state index is 0.143. The Morgan fingerprint density at radius 1 is 1.41 bits per heavy atom. The molecule has 3 N–H and O–H groups in total. The van der Waals surface area contributed by atoms with E-state index in [1.807, 2.05) is 6.92 Å². The van der Waals surface area contributed by atoms with Crippen molar-refractivity contribution in [1.29, 1.82) is 0 Å². The molecule has 0 aliphatic carbocycles. The van der Waals surface area contributed by atoms with E-state index in [2.05, 4.69) is 21.2 Å². The smallest absolute Gasteiger partial charge is 0.317 e. The number of aliphatic carboxylic acids is 1. The number of aromatic hydroxyl groups is 1. The number of carbonyl (C=O) groups excluding carboxylic acids is 1. The van der Waals surface area contributed by atoms with Crippen LogP contribution in [0.2, 0.25) is 0 Å². The van der Waals surface area contributed by atoms with Gasteiger partial charge in [0.1, 0.15) is 5.75 Å². The predicted octanol–water partition coefficient (Wildman–Crippen LogP) is 2.41. The zero-order valence-corrected chi connectivity index (χ0v) is 13.8. The molecule has 7 heteroatoms. The van der Waals surface area contributed by atoms with Gasteiger partial charge < -0.3 is 20.4 Å². The number of phenolic OH excluding ortho intramolecular Hbond substituents is 1. The maximum atomic E-state index is 12.2. The van der Waals surface area contributed by atoms with Crippen molar-refractivity contribution in [2.24, 2.45) is 11.8 Å². The van der Waals surface area contributed by atoms with E-state index in [0.717, 1.165) is 5.56 Å². The van der Waals surface area contributed by atoms with Crippen LogP contribution in [-0.2, 0) is 11.3 Å². The minimum Gasteiger partial charge on any atom is -0.507 e. The molecular formula is C15H19BrN2O4. The van der Waals surface area contributed by atoms with Gasteiger partial charge in [0.25, 0.3) is 0 Å². The molecular weight excluding hydrogens is 352 g/mol. The number of hydrogen-bond acceptors (Lipinski definition) is 3. The number of piperidine rings is 1. The van der Waals surface area contributed by atoms with Gasteiger partial charge in [0, 0.05) is 19.6 Å². The highest BCUT2D eigenvalue weighted by Gasteiger charge is 2.31. The number of carboxylic acid groups (broad SMARTS) is 1. The molecule has 0 spiro atoms. The molecule has 0 radical (unpaired) electrons. The van der Waals surface area contributed by atoms with Crippen LogP contribution in [0.4, 0.5) is 4.79 Å². The lowest BCUT2D eigenvalue weighted by atomic mass is 9.91. The van der Waals surface area contributed by atoms with Crippen molar-refractivity contribution in [1.82, 2.24) is 10.2 Å². The van der Waals surface area contributed by atoms with E-state index in [9.17, 15) is 14.7 Å². The Morgan fingerprint density at radius 3 is 2.77 bits per heavy atom. The molecule has 1 aromatic carbocycles. The van der Waals surface area contributed by atoms with E-state index in [-0.39, 0.29) is 24.2 Å². The van der Waals surface area contributed by atoms with Crippen molar-refractivity contribution < 1.29 is 19.8 Å². The molecule has 1 heterocycles. The summed E-state index contributed by atoms with van der Waals surface area (Å²) in [4.78, 5) is 24.9. The quantitative estimate of drug-likeness (QED) is 0.761. The van der Waals surface area contributed by atoms with E-state index in [1.165, 1.54) is 0 Å². The maximum Gasteiger partial charge on any atom is 0.317 e. The van der Waals surface area contributed by atoms with Crippen LogP contribution in [0.25, 0.3) is 0 Å². The van der Waals surface area contributed by atoms with Gasteiger partial charge in [-0.1, -0.05) is 13.0 Å². The van der Waals surface area contributed by atoms with E-state index >= 15 is 0 Å². The number of hydrogen-bond donors (Lipinski definition) is 3. The normalized spacial score (nSPS) is 21.5. The van der Waals surface area contributed by atoms with Crippen molar-refractivity contribution in [2.45, 2.75) is 19.9 Å². The number of phenols is 1. The van der Waals surface area contributed by atoms with Gasteiger partial charge in [-0.3, -0.25) is 4.79 Å². The molecule has 1 aromatic rings. The molecule has 1 aliphatic heterocycles. The number of nitrogens with zero attached hydrogens (tertiary/aromatic N) is 1. The Balaban J connectivity index is 1.93. The Hall–Kier alpha value is -1.76. The van der Waals surface area contributed by atoms with Gasteiger partial charge in [0.2, 0.25) is 0 Å². The zero-order valence-electron chi connectivity index (χ0n) is 12.3. The predicted molar refractivity (Wildman–Crippen MR) is 84.5 cm³/mol. The van der Waals surface area contributed by atoms with Gasteiger partial charge >= 0.3 is 12.0 Å². The number of benzene rings is 1. The Morgan fingerprint density at radius 2 is 2.14 bits per heavy atom. The van der Waals surface area contributed by atoms with Crippen molar-refractivity contribution >= 4 is 27.9 Å². The van der Waals surface area contributed by atoms with Crippen molar-refractivity contribution in [3.05, 3.63) is 28.2 Å². The molecule has 1 aliphatic rings. The molecule has 1 saturated heterocycles. The number of carboxylic acids is 1. The van der Waals surface area contributed by atoms with Crippen molar-refractivity contribution in [3.63, 3.8) is 0 Å². The summed E-state index contributed by atoms with van der Waals surface area (Å²) in [5, 5.41) is 21.4. The molecule has 0 aromatic heterocycles. The van der Waals surface area contributed by atoms with E-state index in [1.54, 1.807) is 23.1 Å². The SMILES string of the molecule is CC1CC(C(=O)O)CN(C(=O)NCc2ccc(O)c(Br)c2)C1. The van der Waals surface area contributed by atoms with Crippen LogP contribution in [0.15, 0.2) is 22.7 Å². The lowest BCUT2D eigenvalue weighted by molar-refractivity contribution is -0.143. The molecule has 22 heavy (non-hydrogen) atoms. The van der Waals surface area contributed by atoms with Gasteiger partial charge in [-0.05, 0) is 46.0 Å². The summed E-state index contributed by atoms with van der Waals surface area (Å²) in [7, 11) is 0. The third-order valence-electron chi connectivity index (χ3n) is 3.75. The van der Waals surface area contributed by atoms with Crippen LogP contribution < -0.4 is 5.32 Å². The van der Waals surface area contributed by atoms with Crippen LogP contribution in [0, 0.1) is 11.8 Å². The van der Waals surface area contributed by atoms with Crippen LogP contribution in [0.3, 0.4) is 0 Å². The van der Waals surface area contributed by atoms with Gasteiger partial charge in [-0.2, -0.15) is 0 Å². The second-order valence-corrected chi connectivity index (χ2v) is 6.58. The molecule has 120 valence electrons. The first kappa shape index (κ1) is 16.6. The summed E-state index contributed by atoms with van der Waals surface area (Å²) in [6.07, 6.45) is 0.601. The highest BCUT2D eigenvalue weighted by atomic mass is 79.9. The molecule has 2 rings (SSSR count). The monoisotopic (exact) mass is 370 g/mol. The van der Waals surface area contributed by atoms with Crippen LogP contribution >= 0.6 is 15.9 Å². The number of halogens is 1. The molecule has 2 atom stereocenters. The summed E-state index contributed by atoms with van der Waals surface area (Å²) >= 11 is 3.22. The van der Waals surface area contributed by atoms with Gasteiger partial charge in [-0.15, -0.1) is 0 Å². The summed E-state index contributed by atoms with van der Waals surface area (Å²) < 4.78 is 0.566. The van der Waals surface area contributed by atoms with Crippen LogP contribution in [-0.4, -0.2) is 40.2 Å². The summed E-state index contributed by atoms with van der Waals surface area (Å²) in [6, 6.07) is 4.74. The van der Waals surface area contributed by atoms with Gasteiger partial charge in [-0.25, -0.2) is 4.79 Å². The average Bonchev–Trinajstić information content (AvgIpc) is 2.47. The van der Waals surface area contributed by atoms with Gasteiger partial charge in [0.05, 0.1) is 10.4 Å². The third kappa shape index (κ3) is 4.13. The highest BCUT2D eigenvalue weighted by Crippen LogP contribution is 2.24. The number of likely N-dealkylation sites (tertiary alicyclic amines) is 1.